The van der Waals surface area contributed by atoms with Crippen molar-refractivity contribution in [2.24, 2.45) is 0 Å². The molecule has 0 atom stereocenters. The summed E-state index contributed by atoms with van der Waals surface area (Å²) in [6.45, 7) is 2.90. The number of halogens is 1. The molecular formula is C21H19ClN2O3. The van der Waals surface area contributed by atoms with Crippen molar-refractivity contribution in [3.8, 4) is 5.75 Å². The molecule has 138 valence electrons. The van der Waals surface area contributed by atoms with Crippen molar-refractivity contribution in [1.29, 1.82) is 0 Å². The number of non-ortho nitro benzene ring substituents is 1. The van der Waals surface area contributed by atoms with Gasteiger partial charge < -0.3 is 10.1 Å². The van der Waals surface area contributed by atoms with E-state index in [1.807, 2.05) is 49.4 Å². The Morgan fingerprint density at radius 2 is 1.81 bits per heavy atom. The number of para-hydroxylation sites is 1. The fourth-order valence-corrected chi connectivity index (χ4v) is 2.75. The van der Waals surface area contributed by atoms with E-state index < -0.39 is 4.92 Å². The molecule has 6 heteroatoms. The lowest BCUT2D eigenvalue weighted by Crippen LogP contribution is -2.04. The third-order valence-corrected chi connectivity index (χ3v) is 4.58. The van der Waals surface area contributed by atoms with Gasteiger partial charge in [-0.25, -0.2) is 0 Å². The topological polar surface area (TPSA) is 64.4 Å². The van der Waals surface area contributed by atoms with Crippen LogP contribution in [0.3, 0.4) is 0 Å². The van der Waals surface area contributed by atoms with Gasteiger partial charge in [0.25, 0.3) is 5.69 Å². The van der Waals surface area contributed by atoms with Crippen molar-refractivity contribution >= 4 is 23.0 Å². The Hall–Kier alpha value is -3.05. The molecule has 0 unspecified atom stereocenters. The molecule has 0 aliphatic rings. The minimum atomic E-state index is -0.414. The van der Waals surface area contributed by atoms with E-state index in [-0.39, 0.29) is 5.69 Å². The summed E-state index contributed by atoms with van der Waals surface area (Å²) >= 11 is 6.17. The minimum absolute atomic E-state index is 0.0695. The van der Waals surface area contributed by atoms with E-state index in [9.17, 15) is 10.1 Å². The number of benzene rings is 3. The summed E-state index contributed by atoms with van der Waals surface area (Å²) in [7, 11) is 0. The van der Waals surface area contributed by atoms with E-state index >= 15 is 0 Å². The number of nitro benzene ring substituents is 1. The Labute approximate surface area is 162 Å². The van der Waals surface area contributed by atoms with E-state index in [4.69, 9.17) is 16.3 Å². The lowest BCUT2D eigenvalue weighted by molar-refractivity contribution is -0.384. The lowest BCUT2D eigenvalue weighted by atomic mass is 10.1. The van der Waals surface area contributed by atoms with Gasteiger partial charge in [0.15, 0.2) is 0 Å². The molecule has 3 aromatic rings. The van der Waals surface area contributed by atoms with E-state index in [0.717, 1.165) is 33.1 Å². The first-order chi connectivity index (χ1) is 13.0. The third kappa shape index (κ3) is 4.99. The molecule has 0 spiro atoms. The molecule has 27 heavy (non-hydrogen) atoms. The fourth-order valence-electron chi connectivity index (χ4n) is 2.57. The van der Waals surface area contributed by atoms with Gasteiger partial charge in [-0.2, -0.15) is 0 Å². The van der Waals surface area contributed by atoms with Gasteiger partial charge in [-0.1, -0.05) is 35.9 Å². The summed E-state index contributed by atoms with van der Waals surface area (Å²) in [6, 6.07) is 20.0. The second-order valence-electron chi connectivity index (χ2n) is 6.14. The van der Waals surface area contributed by atoms with Crippen molar-refractivity contribution in [2.75, 3.05) is 5.32 Å². The van der Waals surface area contributed by atoms with Gasteiger partial charge in [0.2, 0.25) is 0 Å². The normalized spacial score (nSPS) is 10.4. The average molecular weight is 383 g/mol. The van der Waals surface area contributed by atoms with Gasteiger partial charge in [0.1, 0.15) is 12.4 Å². The maximum absolute atomic E-state index is 10.7. The third-order valence-electron chi connectivity index (χ3n) is 4.17. The van der Waals surface area contributed by atoms with Crippen LogP contribution < -0.4 is 10.1 Å². The molecule has 5 nitrogen and oxygen atoms in total. The van der Waals surface area contributed by atoms with Crippen molar-refractivity contribution < 1.29 is 9.66 Å². The molecule has 0 amide bonds. The van der Waals surface area contributed by atoms with E-state index in [1.165, 1.54) is 12.1 Å². The van der Waals surface area contributed by atoms with Crippen molar-refractivity contribution in [2.45, 2.75) is 20.1 Å². The molecule has 0 aliphatic carbocycles. The van der Waals surface area contributed by atoms with Crippen LogP contribution in [0.4, 0.5) is 11.4 Å². The number of rotatable bonds is 7. The second-order valence-corrected chi connectivity index (χ2v) is 6.54. The molecule has 0 aliphatic heterocycles. The zero-order valence-electron chi connectivity index (χ0n) is 14.8. The number of anilines is 1. The number of nitro groups is 1. The summed E-state index contributed by atoms with van der Waals surface area (Å²) in [5.41, 5.74) is 3.93. The Morgan fingerprint density at radius 1 is 1.07 bits per heavy atom. The van der Waals surface area contributed by atoms with E-state index in [1.54, 1.807) is 12.1 Å². The summed E-state index contributed by atoms with van der Waals surface area (Å²) in [5.74, 6) is 0.765. The zero-order chi connectivity index (χ0) is 19.2. The number of ether oxygens (including phenoxy) is 1. The van der Waals surface area contributed by atoms with Crippen molar-refractivity contribution in [3.63, 3.8) is 0 Å². The Balaban J connectivity index is 1.64. The summed E-state index contributed by atoms with van der Waals surface area (Å²) in [4.78, 5) is 10.3. The van der Waals surface area contributed by atoms with Gasteiger partial charge in [-0.05, 0) is 48.4 Å². The summed E-state index contributed by atoms with van der Waals surface area (Å²) in [5, 5.41) is 14.8. The van der Waals surface area contributed by atoms with Crippen LogP contribution >= 0.6 is 11.6 Å². The van der Waals surface area contributed by atoms with Crippen LogP contribution in [0.25, 0.3) is 0 Å². The van der Waals surface area contributed by atoms with Crippen LogP contribution in [0.15, 0.2) is 66.7 Å². The predicted molar refractivity (Wildman–Crippen MR) is 107 cm³/mol. The number of nitrogens with one attached hydrogen (secondary N) is 1. The highest BCUT2D eigenvalue weighted by Gasteiger charge is 2.07. The van der Waals surface area contributed by atoms with Gasteiger partial charge in [0, 0.05) is 35.0 Å². The number of hydrogen-bond donors (Lipinski definition) is 1. The van der Waals surface area contributed by atoms with Crippen molar-refractivity contribution in [3.05, 3.63) is 98.6 Å². The molecule has 0 heterocycles. The maximum atomic E-state index is 10.7. The molecule has 0 aromatic heterocycles. The highest BCUT2D eigenvalue weighted by molar-refractivity contribution is 6.31. The molecule has 0 bridgehead atoms. The molecule has 0 saturated carbocycles. The molecule has 1 N–H and O–H groups in total. The van der Waals surface area contributed by atoms with Crippen LogP contribution in [0.1, 0.15) is 16.7 Å². The van der Waals surface area contributed by atoms with Crippen molar-refractivity contribution in [1.82, 2.24) is 0 Å². The SMILES string of the molecule is Cc1ccc(NCc2ccccc2OCc2ccc([N+](=O)[O-])cc2)cc1Cl. The number of nitrogens with zero attached hydrogens (tertiary/aromatic N) is 1. The summed E-state index contributed by atoms with van der Waals surface area (Å²) < 4.78 is 5.92. The van der Waals surface area contributed by atoms with E-state index in [0.29, 0.717) is 13.2 Å². The number of hydrogen-bond acceptors (Lipinski definition) is 4. The Morgan fingerprint density at radius 3 is 2.52 bits per heavy atom. The van der Waals surface area contributed by atoms with Crippen LogP contribution in [-0.2, 0) is 13.2 Å². The number of aryl methyl sites for hydroxylation is 1. The van der Waals surface area contributed by atoms with Crippen LogP contribution in [0.2, 0.25) is 5.02 Å². The van der Waals surface area contributed by atoms with Crippen LogP contribution in [-0.4, -0.2) is 4.92 Å². The molecule has 3 rings (SSSR count). The molecule has 0 fully saturated rings. The molecular weight excluding hydrogens is 364 g/mol. The zero-order valence-corrected chi connectivity index (χ0v) is 15.6. The maximum Gasteiger partial charge on any atom is 0.269 e. The van der Waals surface area contributed by atoms with E-state index in [2.05, 4.69) is 5.32 Å². The predicted octanol–water partition coefficient (Wildman–Crippen LogP) is 5.75. The first-order valence-electron chi connectivity index (χ1n) is 8.47. The lowest BCUT2D eigenvalue weighted by Gasteiger charge is -2.13. The molecule has 0 radical (unpaired) electrons. The van der Waals surface area contributed by atoms with Gasteiger partial charge in [-0.15, -0.1) is 0 Å². The van der Waals surface area contributed by atoms with Gasteiger partial charge in [0.05, 0.1) is 4.92 Å². The van der Waals surface area contributed by atoms with Crippen LogP contribution in [0.5, 0.6) is 5.75 Å². The van der Waals surface area contributed by atoms with Crippen LogP contribution in [0, 0.1) is 17.0 Å². The highest BCUT2D eigenvalue weighted by atomic mass is 35.5. The largest absolute Gasteiger partial charge is 0.489 e. The minimum Gasteiger partial charge on any atom is -0.489 e. The first kappa shape index (κ1) is 18.7. The molecule has 0 saturated heterocycles. The monoisotopic (exact) mass is 382 g/mol. The average Bonchev–Trinajstić information content (AvgIpc) is 2.68. The highest BCUT2D eigenvalue weighted by Crippen LogP contribution is 2.24. The standard InChI is InChI=1S/C21H19ClN2O3/c1-15-6-9-18(12-20(15)22)23-13-17-4-2-3-5-21(17)27-14-16-7-10-19(11-8-16)24(25)26/h2-12,23H,13-14H2,1H3. The smallest absolute Gasteiger partial charge is 0.269 e. The quantitative estimate of drug-likeness (QED) is 0.417. The second kappa shape index (κ2) is 8.56. The Kier molecular flexibility index (Phi) is 5.94. The van der Waals surface area contributed by atoms with Gasteiger partial charge in [-0.3, -0.25) is 10.1 Å². The first-order valence-corrected chi connectivity index (χ1v) is 8.85. The summed E-state index contributed by atoms with van der Waals surface area (Å²) in [6.07, 6.45) is 0. The molecule has 3 aromatic carbocycles. The van der Waals surface area contributed by atoms with Gasteiger partial charge >= 0.3 is 0 Å². The fraction of sp³-hybridized carbons (Fsp3) is 0.143. The Bertz CT molecular complexity index is 942.